The van der Waals surface area contributed by atoms with Crippen molar-refractivity contribution in [1.29, 1.82) is 0 Å². The first-order valence-electron chi connectivity index (χ1n) is 10.1. The van der Waals surface area contributed by atoms with Gasteiger partial charge in [-0.15, -0.1) is 0 Å². The summed E-state index contributed by atoms with van der Waals surface area (Å²) in [7, 11) is 0. The number of benzene rings is 3. The maximum atomic E-state index is 14.6. The van der Waals surface area contributed by atoms with Crippen LogP contribution in [0.5, 0.6) is 0 Å². The van der Waals surface area contributed by atoms with Crippen molar-refractivity contribution in [2.75, 3.05) is 16.3 Å². The average Bonchev–Trinajstić information content (AvgIpc) is 3.05. The predicted molar refractivity (Wildman–Crippen MR) is 114 cm³/mol. The lowest BCUT2D eigenvalue weighted by Gasteiger charge is -2.32. The fourth-order valence-corrected chi connectivity index (χ4v) is 4.28. The number of carbonyl (C=O) groups excluding carboxylic acids is 2. The Morgan fingerprint density at radius 1 is 0.774 bits per heavy atom. The maximum Gasteiger partial charge on any atom is 0.282 e. The number of aryl methyl sites for hydroxylation is 1. The van der Waals surface area contributed by atoms with Crippen LogP contribution in [0, 0.1) is 11.6 Å². The second kappa shape index (κ2) is 7.47. The van der Waals surface area contributed by atoms with Crippen LogP contribution in [0.15, 0.2) is 78.5 Å². The van der Waals surface area contributed by atoms with Crippen molar-refractivity contribution in [1.82, 2.24) is 0 Å². The summed E-state index contributed by atoms with van der Waals surface area (Å²) >= 11 is 0. The number of amides is 2. The molecular weight excluding hydrogens is 398 g/mol. The fraction of sp³-hybridized carbons (Fsp3) is 0.120. The highest BCUT2D eigenvalue weighted by molar-refractivity contribution is 6.46. The van der Waals surface area contributed by atoms with Gasteiger partial charge in [-0.05, 0) is 42.2 Å². The van der Waals surface area contributed by atoms with Gasteiger partial charge in [-0.2, -0.15) is 0 Å². The minimum absolute atomic E-state index is 0.186. The van der Waals surface area contributed by atoms with E-state index in [1.54, 1.807) is 24.3 Å². The first kappa shape index (κ1) is 19.2. The molecule has 0 saturated heterocycles. The van der Waals surface area contributed by atoms with Crippen LogP contribution in [0.3, 0.4) is 0 Å². The number of nitrogens with zero attached hydrogens (tertiary/aromatic N) is 2. The minimum atomic E-state index is -0.837. The van der Waals surface area contributed by atoms with E-state index in [4.69, 9.17) is 0 Å². The van der Waals surface area contributed by atoms with Crippen molar-refractivity contribution in [3.8, 4) is 0 Å². The number of halogens is 2. The molecule has 0 radical (unpaired) electrons. The SMILES string of the molecule is O=C1C(c2ccccc2)=C(N2CCCc3ccccc32)C(=O)N1c1cc(F)ccc1F. The zero-order valence-electron chi connectivity index (χ0n) is 16.5. The standard InChI is InChI=1S/C25H18F2N2O2/c26-18-12-13-19(27)21(15-18)29-24(30)22(17-8-2-1-3-9-17)23(25(29)31)28-14-6-10-16-7-4-5-11-20(16)28/h1-5,7-9,11-13,15H,6,10,14H2. The summed E-state index contributed by atoms with van der Waals surface area (Å²) in [6, 6.07) is 19.3. The van der Waals surface area contributed by atoms with Crippen molar-refractivity contribution in [3.05, 3.63) is 101 Å². The highest BCUT2D eigenvalue weighted by Gasteiger charge is 2.44. The first-order valence-corrected chi connectivity index (χ1v) is 10.1. The van der Waals surface area contributed by atoms with E-state index in [1.807, 2.05) is 35.2 Å². The molecular formula is C25H18F2N2O2. The quantitative estimate of drug-likeness (QED) is 0.581. The van der Waals surface area contributed by atoms with E-state index in [9.17, 15) is 18.4 Å². The van der Waals surface area contributed by atoms with Gasteiger partial charge in [-0.1, -0.05) is 48.5 Å². The summed E-state index contributed by atoms with van der Waals surface area (Å²) in [5, 5.41) is 0. The molecule has 2 aliphatic heterocycles. The Balaban J connectivity index is 1.72. The van der Waals surface area contributed by atoms with Crippen LogP contribution in [0.25, 0.3) is 5.57 Å². The lowest BCUT2D eigenvalue weighted by atomic mass is 9.98. The fourth-order valence-electron chi connectivity index (χ4n) is 4.28. The maximum absolute atomic E-state index is 14.6. The Morgan fingerprint density at radius 2 is 1.52 bits per heavy atom. The van der Waals surface area contributed by atoms with E-state index in [0.717, 1.165) is 47.2 Å². The van der Waals surface area contributed by atoms with Gasteiger partial charge < -0.3 is 4.90 Å². The number of hydrogen-bond donors (Lipinski definition) is 0. The number of imide groups is 1. The molecule has 154 valence electrons. The molecule has 2 heterocycles. The van der Waals surface area contributed by atoms with Crippen LogP contribution < -0.4 is 9.80 Å². The Morgan fingerprint density at radius 3 is 2.32 bits per heavy atom. The summed E-state index contributed by atoms with van der Waals surface area (Å²) in [4.78, 5) is 29.6. The van der Waals surface area contributed by atoms with Gasteiger partial charge in [0.2, 0.25) is 0 Å². The Hall–Kier alpha value is -3.80. The second-order valence-corrected chi connectivity index (χ2v) is 7.51. The minimum Gasteiger partial charge on any atom is -0.336 e. The van der Waals surface area contributed by atoms with E-state index in [2.05, 4.69) is 0 Å². The first-order chi connectivity index (χ1) is 15.1. The molecule has 0 fully saturated rings. The average molecular weight is 416 g/mol. The number of fused-ring (bicyclic) bond motifs is 1. The van der Waals surface area contributed by atoms with Crippen LogP contribution in [-0.2, 0) is 16.0 Å². The zero-order chi connectivity index (χ0) is 21.5. The number of anilines is 2. The Bertz CT molecular complexity index is 1240. The van der Waals surface area contributed by atoms with E-state index in [-0.39, 0.29) is 17.0 Å². The molecule has 0 saturated carbocycles. The van der Waals surface area contributed by atoms with Crippen molar-refractivity contribution in [3.63, 3.8) is 0 Å². The van der Waals surface area contributed by atoms with E-state index in [1.165, 1.54) is 0 Å². The molecule has 0 spiro atoms. The summed E-state index contributed by atoms with van der Waals surface area (Å²) in [6.07, 6.45) is 1.67. The smallest absolute Gasteiger partial charge is 0.282 e. The molecule has 3 aromatic carbocycles. The van der Waals surface area contributed by atoms with Gasteiger partial charge in [-0.25, -0.2) is 13.7 Å². The summed E-state index contributed by atoms with van der Waals surface area (Å²) < 4.78 is 28.4. The largest absolute Gasteiger partial charge is 0.336 e. The monoisotopic (exact) mass is 416 g/mol. The molecule has 0 unspecified atom stereocenters. The lowest BCUT2D eigenvalue weighted by Crippen LogP contribution is -2.37. The number of rotatable bonds is 3. The second-order valence-electron chi connectivity index (χ2n) is 7.51. The Labute approximate surface area is 178 Å². The number of hydrogen-bond acceptors (Lipinski definition) is 3. The van der Waals surface area contributed by atoms with Crippen LogP contribution in [-0.4, -0.2) is 18.4 Å². The van der Waals surface area contributed by atoms with E-state index >= 15 is 0 Å². The van der Waals surface area contributed by atoms with Gasteiger partial charge >= 0.3 is 0 Å². The highest BCUT2D eigenvalue weighted by atomic mass is 19.1. The summed E-state index contributed by atoms with van der Waals surface area (Å²) in [6.45, 7) is 0.543. The molecule has 0 aromatic heterocycles. The topological polar surface area (TPSA) is 40.6 Å². The number of carbonyl (C=O) groups is 2. The van der Waals surface area contributed by atoms with Crippen LogP contribution in [0.4, 0.5) is 20.2 Å². The van der Waals surface area contributed by atoms with Gasteiger partial charge in [0, 0.05) is 18.3 Å². The molecule has 2 aliphatic rings. The molecule has 0 N–H and O–H groups in total. The third-order valence-corrected chi connectivity index (χ3v) is 5.65. The van der Waals surface area contributed by atoms with Crippen LogP contribution >= 0.6 is 0 Å². The molecule has 4 nitrogen and oxygen atoms in total. The van der Waals surface area contributed by atoms with E-state index in [0.29, 0.717) is 12.1 Å². The van der Waals surface area contributed by atoms with Crippen LogP contribution in [0.2, 0.25) is 0 Å². The van der Waals surface area contributed by atoms with Crippen molar-refractivity contribution in [2.45, 2.75) is 12.8 Å². The molecule has 31 heavy (non-hydrogen) atoms. The third-order valence-electron chi connectivity index (χ3n) is 5.65. The normalized spacial score (nSPS) is 16.2. The molecule has 6 heteroatoms. The van der Waals surface area contributed by atoms with Crippen LogP contribution in [0.1, 0.15) is 17.5 Å². The molecule has 0 aliphatic carbocycles. The Kier molecular flexibility index (Phi) is 4.62. The molecule has 3 aromatic rings. The predicted octanol–water partition coefficient (Wildman–Crippen LogP) is 4.70. The summed E-state index contributed by atoms with van der Waals surface area (Å²) in [5.74, 6) is -2.89. The van der Waals surface area contributed by atoms with Crippen molar-refractivity contribution >= 4 is 28.8 Å². The van der Waals surface area contributed by atoms with E-state index < -0.39 is 23.4 Å². The van der Waals surface area contributed by atoms with Crippen molar-refractivity contribution < 1.29 is 18.4 Å². The van der Waals surface area contributed by atoms with Gasteiger partial charge in [0.1, 0.15) is 17.3 Å². The molecule has 2 amide bonds. The van der Waals surface area contributed by atoms with Gasteiger partial charge in [0.05, 0.1) is 11.3 Å². The third kappa shape index (κ3) is 3.11. The lowest BCUT2D eigenvalue weighted by molar-refractivity contribution is -0.120. The molecule has 0 atom stereocenters. The van der Waals surface area contributed by atoms with Gasteiger partial charge in [-0.3, -0.25) is 9.59 Å². The van der Waals surface area contributed by atoms with Gasteiger partial charge in [0.15, 0.2) is 0 Å². The molecule has 5 rings (SSSR count). The zero-order valence-corrected chi connectivity index (χ0v) is 16.5. The molecule has 0 bridgehead atoms. The van der Waals surface area contributed by atoms with Gasteiger partial charge in [0.25, 0.3) is 11.8 Å². The summed E-state index contributed by atoms with van der Waals surface area (Å²) in [5.41, 5.74) is 2.46. The number of para-hydroxylation sites is 1. The highest BCUT2D eigenvalue weighted by Crippen LogP contribution is 2.40. The van der Waals surface area contributed by atoms with Crippen molar-refractivity contribution in [2.24, 2.45) is 0 Å².